The number of aromatic nitrogens is 2. The summed E-state index contributed by atoms with van der Waals surface area (Å²) >= 11 is 0. The maximum atomic E-state index is 14.4. The molecule has 0 bridgehead atoms. The number of halogens is 2. The van der Waals surface area contributed by atoms with Crippen molar-refractivity contribution in [3.63, 3.8) is 0 Å². The highest BCUT2D eigenvalue weighted by molar-refractivity contribution is 5.93. The molecule has 7 nitrogen and oxygen atoms in total. The molecule has 1 saturated carbocycles. The first-order valence-corrected chi connectivity index (χ1v) is 10.6. The zero-order valence-electron chi connectivity index (χ0n) is 17.9. The first-order chi connectivity index (χ1) is 15.8. The molecule has 1 aliphatic rings. The van der Waals surface area contributed by atoms with E-state index in [0.717, 1.165) is 35.2 Å². The van der Waals surface area contributed by atoms with Crippen LogP contribution in [0.4, 0.5) is 8.78 Å². The van der Waals surface area contributed by atoms with Gasteiger partial charge in [0.05, 0.1) is 19.1 Å². The maximum absolute atomic E-state index is 14.4. The normalized spacial score (nSPS) is 14.0. The number of nitrogens with one attached hydrogen (secondary N) is 1. The van der Waals surface area contributed by atoms with Crippen molar-refractivity contribution in [2.24, 2.45) is 5.92 Å². The van der Waals surface area contributed by atoms with Crippen molar-refractivity contribution < 1.29 is 28.2 Å². The minimum Gasteiger partial charge on any atom is -0.481 e. The van der Waals surface area contributed by atoms with Gasteiger partial charge in [0, 0.05) is 6.07 Å². The number of carboxylic acid groups (broad SMARTS) is 1. The van der Waals surface area contributed by atoms with Gasteiger partial charge in [0.2, 0.25) is 5.88 Å². The molecule has 1 fully saturated rings. The van der Waals surface area contributed by atoms with E-state index in [4.69, 9.17) is 4.74 Å². The largest absolute Gasteiger partial charge is 0.481 e. The minimum absolute atomic E-state index is 0.0294. The molecule has 1 aliphatic carbocycles. The van der Waals surface area contributed by atoms with Crippen molar-refractivity contribution in [2.75, 3.05) is 6.61 Å². The van der Waals surface area contributed by atoms with Gasteiger partial charge in [-0.25, -0.2) is 8.78 Å². The molecular formula is C24H23F2N3O4. The van der Waals surface area contributed by atoms with Crippen molar-refractivity contribution in [3.8, 4) is 11.6 Å². The zero-order chi connectivity index (χ0) is 23.5. The Labute approximate surface area is 189 Å². The van der Waals surface area contributed by atoms with Gasteiger partial charge in [-0.3, -0.25) is 9.59 Å². The van der Waals surface area contributed by atoms with Crippen LogP contribution in [0.15, 0.2) is 48.5 Å². The zero-order valence-corrected chi connectivity index (χ0v) is 17.9. The van der Waals surface area contributed by atoms with Crippen molar-refractivity contribution in [3.05, 3.63) is 77.0 Å². The van der Waals surface area contributed by atoms with Crippen LogP contribution in [0.5, 0.6) is 5.88 Å². The molecule has 33 heavy (non-hydrogen) atoms. The van der Waals surface area contributed by atoms with Crippen LogP contribution in [0.3, 0.4) is 0 Å². The van der Waals surface area contributed by atoms with Crippen molar-refractivity contribution in [2.45, 2.75) is 32.2 Å². The van der Waals surface area contributed by atoms with E-state index in [2.05, 4.69) is 10.4 Å². The average molecular weight is 455 g/mol. The van der Waals surface area contributed by atoms with Gasteiger partial charge in [0.1, 0.15) is 5.69 Å². The molecule has 4 rings (SSSR count). The highest BCUT2D eigenvalue weighted by Crippen LogP contribution is 2.31. The number of para-hydroxylation sites is 1. The summed E-state index contributed by atoms with van der Waals surface area (Å²) in [5.74, 6) is -3.10. The third-order valence-electron chi connectivity index (χ3n) is 5.47. The Morgan fingerprint density at radius 3 is 2.52 bits per heavy atom. The smallest absolute Gasteiger partial charge is 0.305 e. The lowest BCUT2D eigenvalue weighted by Crippen LogP contribution is -2.31. The Hall–Kier alpha value is -3.75. The van der Waals surface area contributed by atoms with Crippen LogP contribution >= 0.6 is 0 Å². The van der Waals surface area contributed by atoms with Gasteiger partial charge in [-0.15, -0.1) is 0 Å². The van der Waals surface area contributed by atoms with Crippen LogP contribution in [0.1, 0.15) is 46.9 Å². The number of hydrogen-bond acceptors (Lipinski definition) is 4. The lowest BCUT2D eigenvalue weighted by atomic mass is 9.98. The Kier molecular flexibility index (Phi) is 6.39. The van der Waals surface area contributed by atoms with Crippen LogP contribution in [0.25, 0.3) is 5.69 Å². The van der Waals surface area contributed by atoms with Gasteiger partial charge in [-0.05, 0) is 48.9 Å². The molecule has 2 N–H and O–H groups in total. The number of carbonyl (C=O) groups is 2. The molecule has 1 amide bonds. The third kappa shape index (κ3) is 5.19. The molecule has 1 heterocycles. The van der Waals surface area contributed by atoms with Crippen LogP contribution < -0.4 is 10.1 Å². The van der Waals surface area contributed by atoms with Crippen LogP contribution in [0, 0.1) is 24.5 Å². The second-order valence-electron chi connectivity index (χ2n) is 8.08. The molecule has 3 aromatic rings. The Morgan fingerprint density at radius 1 is 1.18 bits per heavy atom. The highest BCUT2D eigenvalue weighted by atomic mass is 19.1. The van der Waals surface area contributed by atoms with E-state index in [0.29, 0.717) is 18.1 Å². The number of nitrogens with zero attached hydrogens (tertiary/aromatic N) is 2. The van der Waals surface area contributed by atoms with E-state index in [1.807, 2.05) is 19.1 Å². The summed E-state index contributed by atoms with van der Waals surface area (Å²) in [4.78, 5) is 24.4. The summed E-state index contributed by atoms with van der Waals surface area (Å²) in [7, 11) is 0. The van der Waals surface area contributed by atoms with E-state index in [1.54, 1.807) is 12.1 Å². The third-order valence-corrected chi connectivity index (χ3v) is 5.47. The predicted molar refractivity (Wildman–Crippen MR) is 115 cm³/mol. The van der Waals surface area contributed by atoms with Gasteiger partial charge in [-0.1, -0.05) is 30.3 Å². The summed E-state index contributed by atoms with van der Waals surface area (Å²) in [6.07, 6.45) is 1.66. The second kappa shape index (κ2) is 9.40. The standard InChI is InChI=1S/C24H23F2N3O4/c1-14-5-2-3-6-16(14)19(12-22(30)31)27-24(32)20-11-21(33-13-15-9-10-15)29(28-20)23-17(25)7-4-8-18(23)26/h2-8,11,15,19H,9-10,12-13H2,1H3,(H,27,32)(H,30,31)/t19-/m0/s1. The molecular weight excluding hydrogens is 432 g/mol. The summed E-state index contributed by atoms with van der Waals surface area (Å²) in [5.41, 5.74) is 0.866. The summed E-state index contributed by atoms with van der Waals surface area (Å²) in [6, 6.07) is 11.0. The fourth-order valence-corrected chi connectivity index (χ4v) is 3.54. The van der Waals surface area contributed by atoms with Crippen molar-refractivity contribution >= 4 is 11.9 Å². The number of rotatable bonds is 9. The van der Waals surface area contributed by atoms with Gasteiger partial charge in [0.15, 0.2) is 17.3 Å². The van der Waals surface area contributed by atoms with Crippen molar-refractivity contribution in [1.82, 2.24) is 15.1 Å². The fraction of sp³-hybridized carbons (Fsp3) is 0.292. The molecule has 1 aromatic heterocycles. The van der Waals surface area contributed by atoms with E-state index in [1.165, 1.54) is 12.1 Å². The Morgan fingerprint density at radius 2 is 1.88 bits per heavy atom. The van der Waals surface area contributed by atoms with E-state index >= 15 is 0 Å². The summed E-state index contributed by atoms with van der Waals surface area (Å²) < 4.78 is 35.5. The maximum Gasteiger partial charge on any atom is 0.305 e. The number of aryl methyl sites for hydroxylation is 1. The molecule has 172 valence electrons. The highest BCUT2D eigenvalue weighted by Gasteiger charge is 2.27. The number of amides is 1. The molecule has 0 aliphatic heterocycles. The number of hydrogen-bond donors (Lipinski definition) is 2. The van der Waals surface area contributed by atoms with Crippen LogP contribution in [-0.2, 0) is 4.79 Å². The van der Waals surface area contributed by atoms with E-state index in [-0.39, 0.29) is 18.0 Å². The summed E-state index contributed by atoms with van der Waals surface area (Å²) in [5, 5.41) is 16.1. The number of carbonyl (C=O) groups excluding carboxylic acids is 1. The van der Waals surface area contributed by atoms with Gasteiger partial charge in [0.25, 0.3) is 5.91 Å². The van der Waals surface area contributed by atoms with E-state index in [9.17, 15) is 23.5 Å². The predicted octanol–water partition coefficient (Wildman–Crippen LogP) is 4.19. The topological polar surface area (TPSA) is 93.5 Å². The number of carboxylic acids is 1. The van der Waals surface area contributed by atoms with Crippen LogP contribution in [0.2, 0.25) is 0 Å². The molecule has 9 heteroatoms. The molecule has 1 atom stereocenters. The summed E-state index contributed by atoms with van der Waals surface area (Å²) in [6.45, 7) is 2.16. The van der Waals surface area contributed by atoms with Crippen LogP contribution in [-0.4, -0.2) is 33.4 Å². The minimum atomic E-state index is -1.09. The molecule has 0 radical (unpaired) electrons. The van der Waals surface area contributed by atoms with Gasteiger partial charge in [-0.2, -0.15) is 9.78 Å². The number of aliphatic carboxylic acids is 1. The quantitative estimate of drug-likeness (QED) is 0.505. The monoisotopic (exact) mass is 455 g/mol. The SMILES string of the molecule is Cc1ccccc1[C@H](CC(=O)O)NC(=O)c1cc(OCC2CC2)n(-c2c(F)cccc2F)n1. The second-order valence-corrected chi connectivity index (χ2v) is 8.08. The Bertz CT molecular complexity index is 1170. The molecule has 0 spiro atoms. The average Bonchev–Trinajstić information content (AvgIpc) is 3.50. The van der Waals surface area contributed by atoms with Gasteiger partial charge >= 0.3 is 5.97 Å². The lowest BCUT2D eigenvalue weighted by Gasteiger charge is -2.18. The first-order valence-electron chi connectivity index (χ1n) is 10.6. The molecule has 0 saturated heterocycles. The first kappa shape index (κ1) is 22.4. The molecule has 2 aromatic carbocycles. The molecule has 0 unspecified atom stereocenters. The van der Waals surface area contributed by atoms with E-state index < -0.39 is 35.2 Å². The fourth-order valence-electron chi connectivity index (χ4n) is 3.54. The number of benzene rings is 2. The Balaban J connectivity index is 1.66. The number of ether oxygens (including phenoxy) is 1. The van der Waals surface area contributed by atoms with Gasteiger partial charge < -0.3 is 15.2 Å². The van der Waals surface area contributed by atoms with Crippen molar-refractivity contribution in [1.29, 1.82) is 0 Å². The lowest BCUT2D eigenvalue weighted by molar-refractivity contribution is -0.137.